The zero-order valence-corrected chi connectivity index (χ0v) is 17.1. The lowest BCUT2D eigenvalue weighted by Crippen LogP contribution is -2.16. The first-order chi connectivity index (χ1) is 14.1. The zero-order valence-electron chi connectivity index (χ0n) is 16.3. The molecule has 1 heterocycles. The van der Waals surface area contributed by atoms with Crippen LogP contribution in [-0.4, -0.2) is 28.6 Å². The van der Waals surface area contributed by atoms with Crippen LogP contribution in [0.15, 0.2) is 76.5 Å². The van der Waals surface area contributed by atoms with Crippen LogP contribution in [0, 0.1) is 0 Å². The summed E-state index contributed by atoms with van der Waals surface area (Å²) in [7, 11) is -2.21. The number of nitrogens with one attached hydrogen (secondary N) is 2. The van der Waals surface area contributed by atoms with E-state index in [0.29, 0.717) is 5.75 Å². The first-order valence-electron chi connectivity index (χ1n) is 9.65. The number of anilines is 2. The minimum atomic E-state index is -3.73. The van der Waals surface area contributed by atoms with Crippen molar-refractivity contribution >= 4 is 21.2 Å². The van der Waals surface area contributed by atoms with Gasteiger partial charge in [0.25, 0.3) is 0 Å². The SMILES string of the molecule is COc1cc2c(cc1S(=O)(=O)c1cccc(Nc3ccccc3)c1)CCNCC2. The minimum Gasteiger partial charge on any atom is -0.495 e. The summed E-state index contributed by atoms with van der Waals surface area (Å²) in [6, 6.07) is 20.2. The monoisotopic (exact) mass is 408 g/mol. The van der Waals surface area contributed by atoms with Crippen molar-refractivity contribution in [2.75, 3.05) is 25.5 Å². The Kier molecular flexibility index (Phi) is 5.56. The van der Waals surface area contributed by atoms with E-state index in [1.54, 1.807) is 24.3 Å². The molecule has 6 heteroatoms. The van der Waals surface area contributed by atoms with Crippen molar-refractivity contribution in [3.63, 3.8) is 0 Å². The smallest absolute Gasteiger partial charge is 0.210 e. The molecule has 0 saturated carbocycles. The van der Waals surface area contributed by atoms with Gasteiger partial charge < -0.3 is 15.4 Å². The number of hydrogen-bond acceptors (Lipinski definition) is 5. The third kappa shape index (κ3) is 4.13. The first-order valence-corrected chi connectivity index (χ1v) is 11.1. The molecule has 0 radical (unpaired) electrons. The molecule has 3 aromatic carbocycles. The Bertz CT molecular complexity index is 1110. The first kappa shape index (κ1) is 19.5. The number of sulfone groups is 1. The molecule has 0 saturated heterocycles. The lowest BCUT2D eigenvalue weighted by atomic mass is 10.0. The molecular formula is C23H24N2O3S. The summed E-state index contributed by atoms with van der Waals surface area (Å²) in [6.07, 6.45) is 1.67. The summed E-state index contributed by atoms with van der Waals surface area (Å²) in [5.74, 6) is 0.395. The van der Waals surface area contributed by atoms with Crippen molar-refractivity contribution in [1.29, 1.82) is 0 Å². The van der Waals surface area contributed by atoms with Crippen molar-refractivity contribution in [3.05, 3.63) is 77.9 Å². The molecule has 4 rings (SSSR count). The maximum Gasteiger partial charge on any atom is 0.210 e. The normalized spacial score (nSPS) is 14.0. The Hall–Kier alpha value is -2.83. The topological polar surface area (TPSA) is 67.4 Å². The summed E-state index contributed by atoms with van der Waals surface area (Å²) in [5.41, 5.74) is 3.82. The lowest BCUT2D eigenvalue weighted by Gasteiger charge is -2.15. The molecule has 0 bridgehead atoms. The zero-order chi connectivity index (χ0) is 20.3. The predicted octanol–water partition coefficient (Wildman–Crippen LogP) is 3.96. The Morgan fingerprint density at radius 1 is 0.862 bits per heavy atom. The molecule has 0 amide bonds. The predicted molar refractivity (Wildman–Crippen MR) is 115 cm³/mol. The van der Waals surface area contributed by atoms with E-state index in [9.17, 15) is 8.42 Å². The van der Waals surface area contributed by atoms with Gasteiger partial charge in [0.2, 0.25) is 9.84 Å². The maximum atomic E-state index is 13.5. The molecular weight excluding hydrogens is 384 g/mol. The molecule has 1 aliphatic heterocycles. The molecule has 2 N–H and O–H groups in total. The Labute approximate surface area is 171 Å². The van der Waals surface area contributed by atoms with Crippen LogP contribution in [0.3, 0.4) is 0 Å². The van der Waals surface area contributed by atoms with Crippen LogP contribution in [0.25, 0.3) is 0 Å². The molecule has 150 valence electrons. The Morgan fingerprint density at radius 2 is 1.55 bits per heavy atom. The molecule has 1 aliphatic rings. The Balaban J connectivity index is 1.73. The lowest BCUT2D eigenvalue weighted by molar-refractivity contribution is 0.402. The van der Waals surface area contributed by atoms with Gasteiger partial charge in [-0.3, -0.25) is 0 Å². The number of hydrogen-bond donors (Lipinski definition) is 2. The number of rotatable bonds is 5. The van der Waals surface area contributed by atoms with Gasteiger partial charge in [-0.25, -0.2) is 8.42 Å². The van der Waals surface area contributed by atoms with Crippen LogP contribution in [-0.2, 0) is 22.7 Å². The fourth-order valence-corrected chi connectivity index (χ4v) is 5.10. The highest BCUT2D eigenvalue weighted by molar-refractivity contribution is 7.91. The third-order valence-electron chi connectivity index (χ3n) is 5.12. The molecule has 3 aromatic rings. The van der Waals surface area contributed by atoms with E-state index >= 15 is 0 Å². The van der Waals surface area contributed by atoms with Crippen molar-refractivity contribution in [1.82, 2.24) is 5.32 Å². The fraction of sp³-hybridized carbons (Fsp3) is 0.217. The van der Waals surface area contributed by atoms with Gasteiger partial charge in [0, 0.05) is 11.4 Å². The van der Waals surface area contributed by atoms with E-state index in [0.717, 1.165) is 48.4 Å². The number of ether oxygens (including phenoxy) is 1. The van der Waals surface area contributed by atoms with E-state index in [-0.39, 0.29) is 9.79 Å². The van der Waals surface area contributed by atoms with E-state index < -0.39 is 9.84 Å². The summed E-state index contributed by atoms with van der Waals surface area (Å²) in [4.78, 5) is 0.459. The summed E-state index contributed by atoms with van der Waals surface area (Å²) in [5, 5.41) is 6.60. The highest BCUT2D eigenvalue weighted by atomic mass is 32.2. The van der Waals surface area contributed by atoms with Crippen LogP contribution >= 0.6 is 0 Å². The molecule has 0 spiro atoms. The minimum absolute atomic E-state index is 0.220. The Morgan fingerprint density at radius 3 is 2.28 bits per heavy atom. The van der Waals surface area contributed by atoms with Gasteiger partial charge in [-0.1, -0.05) is 24.3 Å². The summed E-state index contributed by atoms with van der Waals surface area (Å²) < 4.78 is 32.4. The maximum absolute atomic E-state index is 13.5. The summed E-state index contributed by atoms with van der Waals surface area (Å²) in [6.45, 7) is 1.73. The van der Waals surface area contributed by atoms with Gasteiger partial charge in [0.15, 0.2) is 0 Å². The van der Waals surface area contributed by atoms with Crippen molar-refractivity contribution in [3.8, 4) is 5.75 Å². The van der Waals surface area contributed by atoms with Gasteiger partial charge in [-0.05, 0) is 79.5 Å². The molecule has 0 unspecified atom stereocenters. The molecule has 0 aromatic heterocycles. The van der Waals surface area contributed by atoms with Crippen molar-refractivity contribution in [2.24, 2.45) is 0 Å². The van der Waals surface area contributed by atoms with Crippen molar-refractivity contribution in [2.45, 2.75) is 22.6 Å². The van der Waals surface area contributed by atoms with E-state index in [4.69, 9.17) is 4.74 Å². The third-order valence-corrected chi connectivity index (χ3v) is 6.90. The van der Waals surface area contributed by atoms with E-state index in [1.165, 1.54) is 7.11 Å². The van der Waals surface area contributed by atoms with Crippen LogP contribution in [0.1, 0.15) is 11.1 Å². The number of fused-ring (bicyclic) bond motifs is 1. The van der Waals surface area contributed by atoms with Gasteiger partial charge in [0.1, 0.15) is 10.6 Å². The number of para-hydroxylation sites is 1. The summed E-state index contributed by atoms with van der Waals surface area (Å²) >= 11 is 0. The average Bonchev–Trinajstić information content (AvgIpc) is 2.98. The van der Waals surface area contributed by atoms with Gasteiger partial charge >= 0.3 is 0 Å². The van der Waals surface area contributed by atoms with Gasteiger partial charge in [-0.2, -0.15) is 0 Å². The highest BCUT2D eigenvalue weighted by Gasteiger charge is 2.25. The van der Waals surface area contributed by atoms with E-state index in [2.05, 4.69) is 10.6 Å². The second kappa shape index (κ2) is 8.27. The van der Waals surface area contributed by atoms with Crippen LogP contribution in [0.2, 0.25) is 0 Å². The second-order valence-electron chi connectivity index (χ2n) is 7.04. The molecule has 0 atom stereocenters. The molecule has 29 heavy (non-hydrogen) atoms. The largest absolute Gasteiger partial charge is 0.495 e. The van der Waals surface area contributed by atoms with Crippen LogP contribution in [0.5, 0.6) is 5.75 Å². The number of methoxy groups -OCH3 is 1. The van der Waals surface area contributed by atoms with Gasteiger partial charge in [0.05, 0.1) is 12.0 Å². The average molecular weight is 409 g/mol. The number of benzene rings is 3. The van der Waals surface area contributed by atoms with Crippen LogP contribution in [0.4, 0.5) is 11.4 Å². The quantitative estimate of drug-likeness (QED) is 0.669. The van der Waals surface area contributed by atoms with Crippen molar-refractivity contribution < 1.29 is 13.2 Å². The highest BCUT2D eigenvalue weighted by Crippen LogP contribution is 2.34. The molecule has 5 nitrogen and oxygen atoms in total. The fourth-order valence-electron chi connectivity index (χ4n) is 3.61. The molecule has 0 aliphatic carbocycles. The van der Waals surface area contributed by atoms with Crippen LogP contribution < -0.4 is 15.4 Å². The standard InChI is InChI=1S/C23H24N2O3S/c1-28-22-14-17-10-12-24-13-11-18(17)15-23(22)29(26,27)21-9-5-8-20(16-21)25-19-6-3-2-4-7-19/h2-9,14-16,24-25H,10-13H2,1H3. The molecule has 0 fully saturated rings. The van der Waals surface area contributed by atoms with E-state index in [1.807, 2.05) is 42.5 Å². The van der Waals surface area contributed by atoms with Gasteiger partial charge in [-0.15, -0.1) is 0 Å². The second-order valence-corrected chi connectivity index (χ2v) is 8.96.